The number of benzene rings is 2. The second kappa shape index (κ2) is 9.87. The molecule has 4 rings (SSSR count). The van der Waals surface area contributed by atoms with Crippen LogP contribution in [0.25, 0.3) is 6.08 Å². The molecule has 1 fully saturated rings. The molecule has 0 aromatic heterocycles. The highest BCUT2D eigenvalue weighted by atomic mass is 79.9. The van der Waals surface area contributed by atoms with Crippen molar-refractivity contribution in [1.29, 1.82) is 0 Å². The van der Waals surface area contributed by atoms with Gasteiger partial charge in [-0.1, -0.05) is 46.3 Å². The van der Waals surface area contributed by atoms with Crippen molar-refractivity contribution in [2.45, 2.75) is 12.8 Å². The van der Waals surface area contributed by atoms with Gasteiger partial charge in [-0.05, 0) is 59.9 Å². The van der Waals surface area contributed by atoms with Gasteiger partial charge < -0.3 is 9.64 Å². The molecule has 30 heavy (non-hydrogen) atoms. The number of hydrogen-bond acceptors (Lipinski definition) is 4. The summed E-state index contributed by atoms with van der Waals surface area (Å²) in [7, 11) is 0. The summed E-state index contributed by atoms with van der Waals surface area (Å²) in [5.41, 5.74) is 8.11. The van der Waals surface area contributed by atoms with Crippen molar-refractivity contribution in [3.63, 3.8) is 0 Å². The highest BCUT2D eigenvalue weighted by molar-refractivity contribution is 9.10. The third-order valence-corrected chi connectivity index (χ3v) is 5.76. The highest BCUT2D eigenvalue weighted by Crippen LogP contribution is 2.34. The molecule has 0 bridgehead atoms. The van der Waals surface area contributed by atoms with Crippen molar-refractivity contribution >= 4 is 34.1 Å². The number of hydrogen-bond donors (Lipinski definition) is 1. The lowest BCUT2D eigenvalue weighted by molar-refractivity contribution is 0.0548. The summed E-state index contributed by atoms with van der Waals surface area (Å²) in [6.45, 7) is 3.19. The predicted molar refractivity (Wildman–Crippen MR) is 123 cm³/mol. The van der Waals surface area contributed by atoms with E-state index in [0.29, 0.717) is 5.56 Å². The van der Waals surface area contributed by atoms with E-state index in [9.17, 15) is 4.79 Å². The number of rotatable bonds is 5. The summed E-state index contributed by atoms with van der Waals surface area (Å²) in [4.78, 5) is 14.7. The smallest absolute Gasteiger partial charge is 0.271 e. The fourth-order valence-corrected chi connectivity index (χ4v) is 4.02. The SMILES string of the molecule is O=C(NN=CC1=C(N2CCOCC2)C(=Cc2ccccc2)CC1)c1ccc(Br)cc1. The second-order valence-electron chi connectivity index (χ2n) is 7.26. The van der Waals surface area contributed by atoms with Crippen LogP contribution in [-0.4, -0.2) is 43.3 Å². The number of hydrazone groups is 1. The quantitative estimate of drug-likeness (QED) is 0.517. The van der Waals surface area contributed by atoms with Gasteiger partial charge in [0, 0.05) is 28.8 Å². The fraction of sp³-hybridized carbons (Fsp3) is 0.250. The topological polar surface area (TPSA) is 53.9 Å². The number of halogens is 1. The number of amides is 1. The Bertz CT molecular complexity index is 975. The van der Waals surface area contributed by atoms with Crippen molar-refractivity contribution in [1.82, 2.24) is 10.3 Å². The molecule has 0 spiro atoms. The molecule has 1 N–H and O–H groups in total. The van der Waals surface area contributed by atoms with E-state index in [1.165, 1.54) is 16.8 Å². The van der Waals surface area contributed by atoms with Gasteiger partial charge in [0.1, 0.15) is 0 Å². The molecule has 1 aliphatic heterocycles. The van der Waals surface area contributed by atoms with Gasteiger partial charge in [-0.25, -0.2) is 5.43 Å². The van der Waals surface area contributed by atoms with Crippen LogP contribution in [0.2, 0.25) is 0 Å². The molecule has 1 amide bonds. The summed E-state index contributed by atoms with van der Waals surface area (Å²) in [6.07, 6.45) is 5.92. The molecule has 0 radical (unpaired) electrons. The van der Waals surface area contributed by atoms with E-state index < -0.39 is 0 Å². The summed E-state index contributed by atoms with van der Waals surface area (Å²) in [5, 5.41) is 4.26. The van der Waals surface area contributed by atoms with Crippen LogP contribution in [0.3, 0.4) is 0 Å². The van der Waals surface area contributed by atoms with Crippen LogP contribution in [0, 0.1) is 0 Å². The van der Waals surface area contributed by atoms with Crippen LogP contribution in [0.4, 0.5) is 0 Å². The molecule has 1 saturated heterocycles. The third-order valence-electron chi connectivity index (χ3n) is 5.23. The summed E-state index contributed by atoms with van der Waals surface area (Å²) >= 11 is 3.38. The standard InChI is InChI=1S/C24H24BrN3O2/c25-22-10-8-19(9-11-22)24(29)27-26-17-21-7-6-20(16-18-4-2-1-3-5-18)23(21)28-12-14-30-15-13-28/h1-5,8-11,16-17H,6-7,12-15H2,(H,27,29). The van der Waals surface area contributed by atoms with Crippen molar-refractivity contribution < 1.29 is 9.53 Å². The lowest BCUT2D eigenvalue weighted by atomic mass is 10.1. The lowest BCUT2D eigenvalue weighted by Gasteiger charge is -2.31. The number of nitrogens with one attached hydrogen (secondary N) is 1. The minimum absolute atomic E-state index is 0.217. The van der Waals surface area contributed by atoms with Crippen LogP contribution in [0.15, 0.2) is 81.0 Å². The van der Waals surface area contributed by atoms with Gasteiger partial charge in [-0.15, -0.1) is 0 Å². The van der Waals surface area contributed by atoms with E-state index in [0.717, 1.165) is 49.2 Å². The highest BCUT2D eigenvalue weighted by Gasteiger charge is 2.25. The Morgan fingerprint density at radius 2 is 1.77 bits per heavy atom. The zero-order valence-electron chi connectivity index (χ0n) is 16.7. The van der Waals surface area contributed by atoms with Gasteiger partial charge in [0.05, 0.1) is 19.4 Å². The van der Waals surface area contributed by atoms with Gasteiger partial charge in [0.2, 0.25) is 0 Å². The summed E-state index contributed by atoms with van der Waals surface area (Å²) < 4.78 is 6.48. The fourth-order valence-electron chi connectivity index (χ4n) is 3.76. The largest absolute Gasteiger partial charge is 0.378 e. The Morgan fingerprint density at radius 1 is 1.03 bits per heavy atom. The number of ether oxygens (including phenoxy) is 1. The molecular formula is C24H24BrN3O2. The van der Waals surface area contributed by atoms with E-state index in [4.69, 9.17) is 4.74 Å². The van der Waals surface area contributed by atoms with Crippen LogP contribution >= 0.6 is 15.9 Å². The average Bonchev–Trinajstić information content (AvgIpc) is 3.17. The Balaban J connectivity index is 1.55. The van der Waals surface area contributed by atoms with Gasteiger partial charge >= 0.3 is 0 Å². The van der Waals surface area contributed by atoms with Gasteiger partial charge in [-0.2, -0.15) is 5.10 Å². The molecule has 0 saturated carbocycles. The van der Waals surface area contributed by atoms with Crippen LogP contribution in [0.5, 0.6) is 0 Å². The molecule has 2 aromatic carbocycles. The van der Waals surface area contributed by atoms with Gasteiger partial charge in [0.15, 0.2) is 0 Å². The first-order valence-electron chi connectivity index (χ1n) is 10.1. The number of morpholine rings is 1. The Kier molecular flexibility index (Phi) is 6.77. The molecule has 2 aliphatic rings. The maximum absolute atomic E-state index is 12.3. The van der Waals surface area contributed by atoms with Crippen LogP contribution in [0.1, 0.15) is 28.8 Å². The molecule has 6 heteroatoms. The van der Waals surface area contributed by atoms with Crippen molar-refractivity contribution in [2.75, 3.05) is 26.3 Å². The summed E-state index contributed by atoms with van der Waals surface area (Å²) in [5.74, 6) is -0.217. The normalized spacial score (nSPS) is 18.4. The van der Waals surface area contributed by atoms with Crippen molar-refractivity contribution in [3.05, 3.63) is 87.0 Å². The Hall–Kier alpha value is -2.70. The van der Waals surface area contributed by atoms with E-state index >= 15 is 0 Å². The molecule has 1 aliphatic carbocycles. The van der Waals surface area contributed by atoms with Gasteiger partial charge in [-0.3, -0.25) is 4.79 Å². The van der Waals surface area contributed by atoms with Crippen LogP contribution < -0.4 is 5.43 Å². The van der Waals surface area contributed by atoms with E-state index in [2.05, 4.69) is 61.7 Å². The maximum Gasteiger partial charge on any atom is 0.271 e. The molecule has 0 atom stereocenters. The lowest BCUT2D eigenvalue weighted by Crippen LogP contribution is -2.36. The minimum atomic E-state index is -0.217. The molecular weight excluding hydrogens is 442 g/mol. The molecule has 154 valence electrons. The van der Waals surface area contributed by atoms with E-state index in [1.807, 2.05) is 18.2 Å². The molecule has 2 aromatic rings. The molecule has 5 nitrogen and oxygen atoms in total. The van der Waals surface area contributed by atoms with E-state index in [1.54, 1.807) is 18.3 Å². The number of carbonyl (C=O) groups excluding carboxylic acids is 1. The van der Waals surface area contributed by atoms with Gasteiger partial charge in [0.25, 0.3) is 5.91 Å². The first-order valence-corrected chi connectivity index (χ1v) is 10.9. The van der Waals surface area contributed by atoms with E-state index in [-0.39, 0.29) is 5.91 Å². The third kappa shape index (κ3) is 5.07. The molecule has 1 heterocycles. The Morgan fingerprint density at radius 3 is 2.50 bits per heavy atom. The zero-order chi connectivity index (χ0) is 20.8. The number of nitrogens with zero attached hydrogens (tertiary/aromatic N) is 2. The van der Waals surface area contributed by atoms with Crippen LogP contribution in [-0.2, 0) is 4.74 Å². The second-order valence-corrected chi connectivity index (χ2v) is 8.18. The number of allylic oxidation sites excluding steroid dienone is 2. The Labute approximate surface area is 185 Å². The average molecular weight is 466 g/mol. The first-order chi connectivity index (χ1) is 14.7. The predicted octanol–water partition coefficient (Wildman–Crippen LogP) is 4.63. The number of carbonyl (C=O) groups is 1. The first kappa shape index (κ1) is 20.6. The zero-order valence-corrected chi connectivity index (χ0v) is 18.3. The summed E-state index contributed by atoms with van der Waals surface area (Å²) in [6, 6.07) is 17.6. The molecule has 0 unspecified atom stereocenters. The minimum Gasteiger partial charge on any atom is -0.378 e. The van der Waals surface area contributed by atoms with Crippen molar-refractivity contribution in [2.24, 2.45) is 5.10 Å². The maximum atomic E-state index is 12.3. The monoisotopic (exact) mass is 465 g/mol. The van der Waals surface area contributed by atoms with Crippen molar-refractivity contribution in [3.8, 4) is 0 Å².